The van der Waals surface area contributed by atoms with E-state index in [9.17, 15) is 10.0 Å². The number of hydrogen-bond donors (Lipinski definition) is 3. The van der Waals surface area contributed by atoms with Gasteiger partial charge in [-0.25, -0.2) is 0 Å². The monoisotopic (exact) mass is 450 g/mol. The van der Waals surface area contributed by atoms with Gasteiger partial charge >= 0.3 is 14.6 Å². The fourth-order valence-electron chi connectivity index (χ4n) is 4.63. The Balaban J connectivity index is 1.73. The molecule has 0 aliphatic heterocycles. The van der Waals surface area contributed by atoms with Gasteiger partial charge < -0.3 is 14.9 Å². The van der Waals surface area contributed by atoms with Crippen LogP contribution in [0, 0.1) is 0 Å². The lowest BCUT2D eigenvalue weighted by Gasteiger charge is -2.11. The summed E-state index contributed by atoms with van der Waals surface area (Å²) in [5.74, 6) is 0. The minimum absolute atomic E-state index is 0.125. The van der Waals surface area contributed by atoms with Crippen LogP contribution in [-0.4, -0.2) is 29.9 Å². The SMILES string of the molecule is OOBc1ccccc1C[n+]1c2ccccc2[n+](Cc2ccccc2B(O)O)c2ccccc21. The summed E-state index contributed by atoms with van der Waals surface area (Å²) in [7, 11) is -1.41. The van der Waals surface area contributed by atoms with E-state index in [1.54, 1.807) is 6.07 Å². The molecule has 166 valence electrons. The summed E-state index contributed by atoms with van der Waals surface area (Å²) in [4.78, 5) is 4.44. The largest absolute Gasteiger partial charge is 0.488 e. The van der Waals surface area contributed by atoms with Crippen LogP contribution in [0.4, 0.5) is 0 Å². The molecule has 0 spiro atoms. The topological polar surface area (TPSA) is 77.7 Å². The number of para-hydroxylation sites is 4. The van der Waals surface area contributed by atoms with Gasteiger partial charge in [0.15, 0.2) is 13.1 Å². The lowest BCUT2D eigenvalue weighted by molar-refractivity contribution is -0.675. The van der Waals surface area contributed by atoms with Gasteiger partial charge in [0, 0.05) is 35.4 Å². The molecule has 5 aromatic rings. The van der Waals surface area contributed by atoms with Crippen molar-refractivity contribution in [2.75, 3.05) is 0 Å². The molecule has 0 aliphatic rings. The van der Waals surface area contributed by atoms with Crippen molar-refractivity contribution in [2.45, 2.75) is 13.1 Å². The Bertz CT molecular complexity index is 1420. The zero-order valence-corrected chi connectivity index (χ0v) is 18.6. The molecule has 1 aromatic heterocycles. The smallest absolute Gasteiger partial charge is 0.423 e. The van der Waals surface area contributed by atoms with Gasteiger partial charge in [-0.2, -0.15) is 9.13 Å². The van der Waals surface area contributed by atoms with E-state index < -0.39 is 7.12 Å². The summed E-state index contributed by atoms with van der Waals surface area (Å²) in [6.07, 6.45) is 0. The molecule has 0 atom stereocenters. The van der Waals surface area contributed by atoms with E-state index in [4.69, 9.17) is 5.26 Å². The summed E-state index contributed by atoms with van der Waals surface area (Å²) < 4.78 is 4.48. The van der Waals surface area contributed by atoms with E-state index in [1.165, 1.54) is 0 Å². The van der Waals surface area contributed by atoms with Crippen molar-refractivity contribution in [3.8, 4) is 0 Å². The Hall–Kier alpha value is -3.55. The van der Waals surface area contributed by atoms with Crippen LogP contribution in [0.15, 0.2) is 97.1 Å². The van der Waals surface area contributed by atoms with Gasteiger partial charge in [-0.15, -0.1) is 0 Å². The summed E-state index contributed by atoms with van der Waals surface area (Å²) in [5.41, 5.74) is 7.47. The van der Waals surface area contributed by atoms with Crippen molar-refractivity contribution in [1.82, 2.24) is 0 Å². The molecule has 0 unspecified atom stereocenters. The fourth-order valence-corrected chi connectivity index (χ4v) is 4.63. The second kappa shape index (κ2) is 9.75. The summed E-state index contributed by atoms with van der Waals surface area (Å²) in [5, 5.41) is 28.8. The highest BCUT2D eigenvalue weighted by Gasteiger charge is 2.28. The first-order valence-electron chi connectivity index (χ1n) is 11.2. The first kappa shape index (κ1) is 22.3. The maximum Gasteiger partial charge on any atom is 0.488 e. The lowest BCUT2D eigenvalue weighted by atomic mass is 9.77. The van der Waals surface area contributed by atoms with Crippen molar-refractivity contribution in [3.05, 3.63) is 108 Å². The van der Waals surface area contributed by atoms with Crippen molar-refractivity contribution < 1.29 is 29.2 Å². The number of rotatable bonds is 7. The summed E-state index contributed by atoms with van der Waals surface area (Å²) >= 11 is 0. The molecule has 0 saturated heterocycles. The normalized spacial score (nSPS) is 11.1. The van der Waals surface area contributed by atoms with Crippen LogP contribution in [0.1, 0.15) is 11.1 Å². The van der Waals surface area contributed by atoms with E-state index in [1.807, 2.05) is 66.7 Å². The van der Waals surface area contributed by atoms with Crippen LogP contribution in [0.3, 0.4) is 0 Å². The Kier molecular flexibility index (Phi) is 6.38. The third kappa shape index (κ3) is 4.20. The molecule has 5 rings (SSSR count). The van der Waals surface area contributed by atoms with Crippen molar-refractivity contribution in [2.24, 2.45) is 0 Å². The van der Waals surface area contributed by atoms with E-state index in [0.717, 1.165) is 38.7 Å². The molecule has 1 heterocycles. The molecule has 4 aromatic carbocycles. The highest BCUT2D eigenvalue weighted by Crippen LogP contribution is 2.15. The van der Waals surface area contributed by atoms with Gasteiger partial charge in [-0.1, -0.05) is 72.8 Å². The van der Waals surface area contributed by atoms with E-state index in [2.05, 4.69) is 38.2 Å². The molecule has 0 bridgehead atoms. The molecule has 34 heavy (non-hydrogen) atoms. The maximum absolute atomic E-state index is 9.90. The standard InChI is InChI=1S/C26H23B2N2O4/c31-28(32)22-12-4-2-10-20(22)18-30-25-15-7-5-13-23(25)29(24-14-6-8-16-26(24)30)17-19-9-1-3-11-21(19)27-34-33/h1-16,27,31-32H,17-18H2/q+1/p+1. The molecule has 8 heteroatoms. The molecule has 3 N–H and O–H groups in total. The zero-order valence-electron chi connectivity index (χ0n) is 18.6. The van der Waals surface area contributed by atoms with Crippen LogP contribution in [-0.2, 0) is 17.9 Å². The van der Waals surface area contributed by atoms with E-state index >= 15 is 0 Å². The van der Waals surface area contributed by atoms with Crippen LogP contribution >= 0.6 is 0 Å². The van der Waals surface area contributed by atoms with Gasteiger partial charge in [-0.3, -0.25) is 5.26 Å². The molecule has 0 radical (unpaired) electrons. The Labute approximate surface area is 198 Å². The molecule has 6 nitrogen and oxygen atoms in total. The number of aromatic nitrogens is 2. The van der Waals surface area contributed by atoms with Gasteiger partial charge in [0.05, 0.1) is 0 Å². The molecular weight excluding hydrogens is 426 g/mol. The minimum atomic E-state index is -1.53. The van der Waals surface area contributed by atoms with Crippen LogP contribution in [0.5, 0.6) is 0 Å². The molecule has 0 aliphatic carbocycles. The minimum Gasteiger partial charge on any atom is -0.423 e. The number of benzene rings is 4. The molecule has 0 fully saturated rings. The second-order valence-corrected chi connectivity index (χ2v) is 8.26. The molecule has 0 amide bonds. The number of hydrogen-bond acceptors (Lipinski definition) is 4. The second-order valence-electron chi connectivity index (χ2n) is 8.26. The Morgan fingerprint density at radius 1 is 0.618 bits per heavy atom. The highest BCUT2D eigenvalue weighted by atomic mass is 17.1. The van der Waals surface area contributed by atoms with E-state index in [-0.39, 0.29) is 7.48 Å². The summed E-state index contributed by atoms with van der Waals surface area (Å²) in [6.45, 7) is 1.10. The predicted molar refractivity (Wildman–Crippen MR) is 133 cm³/mol. The lowest BCUT2D eigenvalue weighted by Crippen LogP contribution is -2.48. The van der Waals surface area contributed by atoms with Gasteiger partial charge in [0.1, 0.15) is 0 Å². The van der Waals surface area contributed by atoms with Crippen LogP contribution < -0.4 is 20.1 Å². The van der Waals surface area contributed by atoms with Crippen molar-refractivity contribution in [1.29, 1.82) is 0 Å². The number of nitrogens with zero attached hydrogens (tertiary/aromatic N) is 2. The zero-order chi connectivity index (χ0) is 23.5. The fraction of sp³-hybridized carbons (Fsp3) is 0.0769. The highest BCUT2D eigenvalue weighted by molar-refractivity contribution is 6.59. The first-order chi connectivity index (χ1) is 16.7. The predicted octanol–water partition coefficient (Wildman–Crippen LogP) is 0.811. The summed E-state index contributed by atoms with van der Waals surface area (Å²) in [6, 6.07) is 31.7. The van der Waals surface area contributed by atoms with Crippen molar-refractivity contribution >= 4 is 47.6 Å². The maximum atomic E-state index is 9.90. The Morgan fingerprint density at radius 3 is 1.59 bits per heavy atom. The van der Waals surface area contributed by atoms with Crippen molar-refractivity contribution in [3.63, 3.8) is 0 Å². The first-order valence-corrected chi connectivity index (χ1v) is 11.2. The number of fused-ring (bicyclic) bond motifs is 2. The molecule has 0 saturated carbocycles. The molecular formula is C26H24B2N2O4+2. The van der Waals surface area contributed by atoms with Gasteiger partial charge in [0.2, 0.25) is 0 Å². The average molecular weight is 450 g/mol. The van der Waals surface area contributed by atoms with Gasteiger partial charge in [0.25, 0.3) is 22.1 Å². The van der Waals surface area contributed by atoms with Gasteiger partial charge in [-0.05, 0) is 10.9 Å². The van der Waals surface area contributed by atoms with Crippen LogP contribution in [0.2, 0.25) is 0 Å². The third-order valence-electron chi connectivity index (χ3n) is 6.26. The quantitative estimate of drug-likeness (QED) is 0.113. The van der Waals surface area contributed by atoms with E-state index in [0.29, 0.717) is 18.6 Å². The van der Waals surface area contributed by atoms with Crippen LogP contribution in [0.25, 0.3) is 22.1 Å². The Morgan fingerprint density at radius 2 is 1.06 bits per heavy atom. The average Bonchev–Trinajstić information content (AvgIpc) is 2.87. The third-order valence-corrected chi connectivity index (χ3v) is 6.26.